The first-order valence-corrected chi connectivity index (χ1v) is 6.95. The van der Waals surface area contributed by atoms with E-state index in [1.165, 1.54) is 0 Å². The van der Waals surface area contributed by atoms with E-state index in [9.17, 15) is 0 Å². The quantitative estimate of drug-likeness (QED) is 0.640. The molecule has 6 heteroatoms. The zero-order valence-corrected chi connectivity index (χ0v) is 12.6. The van der Waals surface area contributed by atoms with Crippen LogP contribution in [0.4, 0.5) is 0 Å². The lowest BCUT2D eigenvalue weighted by Crippen LogP contribution is -2.30. The third-order valence-corrected chi connectivity index (χ3v) is 3.63. The first-order valence-electron chi connectivity index (χ1n) is 5.36. The van der Waals surface area contributed by atoms with Crippen molar-refractivity contribution in [1.29, 1.82) is 0 Å². The molecule has 0 bridgehead atoms. The second-order valence-electron chi connectivity index (χ2n) is 3.80. The smallest absolute Gasteiger partial charge is 0.0732 e. The zero-order valence-electron chi connectivity index (χ0n) is 9.48. The number of nitrogens with zero attached hydrogens (tertiary/aromatic N) is 2. The molecule has 4 nitrogen and oxygen atoms in total. The van der Waals surface area contributed by atoms with Crippen molar-refractivity contribution in [1.82, 2.24) is 15.4 Å². The van der Waals surface area contributed by atoms with Crippen LogP contribution in [0.3, 0.4) is 0 Å². The van der Waals surface area contributed by atoms with Gasteiger partial charge in [0.1, 0.15) is 0 Å². The molecule has 2 aromatic heterocycles. The van der Waals surface area contributed by atoms with E-state index in [1.54, 1.807) is 18.6 Å². The van der Waals surface area contributed by atoms with Gasteiger partial charge in [0.2, 0.25) is 0 Å². The predicted molar refractivity (Wildman–Crippen MR) is 77.6 cm³/mol. The lowest BCUT2D eigenvalue weighted by molar-refractivity contribution is 0.535. The number of aromatic nitrogens is 2. The molecule has 0 amide bonds. The molecule has 1 atom stereocenters. The van der Waals surface area contributed by atoms with Crippen molar-refractivity contribution >= 4 is 31.9 Å². The molecular weight excluding hydrogens is 360 g/mol. The van der Waals surface area contributed by atoms with Gasteiger partial charge in [-0.2, -0.15) is 0 Å². The van der Waals surface area contributed by atoms with Gasteiger partial charge in [-0.05, 0) is 62.0 Å². The third kappa shape index (κ3) is 3.35. The second kappa shape index (κ2) is 6.38. The molecule has 0 saturated heterocycles. The van der Waals surface area contributed by atoms with Gasteiger partial charge in [-0.3, -0.25) is 21.2 Å². The minimum Gasteiger partial charge on any atom is -0.271 e. The van der Waals surface area contributed by atoms with Crippen LogP contribution in [0.25, 0.3) is 0 Å². The minimum atomic E-state index is -0.0464. The van der Waals surface area contributed by atoms with E-state index in [0.717, 1.165) is 26.6 Å². The highest BCUT2D eigenvalue weighted by atomic mass is 79.9. The summed E-state index contributed by atoms with van der Waals surface area (Å²) >= 11 is 6.88. The molecule has 2 aromatic rings. The third-order valence-electron chi connectivity index (χ3n) is 2.56. The van der Waals surface area contributed by atoms with E-state index in [4.69, 9.17) is 5.84 Å². The van der Waals surface area contributed by atoms with Gasteiger partial charge in [0.05, 0.1) is 11.7 Å². The van der Waals surface area contributed by atoms with Crippen LogP contribution in [0.1, 0.15) is 17.3 Å². The van der Waals surface area contributed by atoms with Crippen LogP contribution < -0.4 is 11.3 Å². The Bertz CT molecular complexity index is 519. The standard InChI is InChI=1S/C12H12Br2N4/c13-9-6-10(14)12(17-7-9)11(18-15)5-8-1-3-16-4-2-8/h1-4,6-7,11,18H,5,15H2. The maximum atomic E-state index is 5.62. The van der Waals surface area contributed by atoms with Crippen molar-refractivity contribution in [3.8, 4) is 0 Å². The van der Waals surface area contributed by atoms with Crippen LogP contribution >= 0.6 is 31.9 Å². The van der Waals surface area contributed by atoms with Crippen molar-refractivity contribution in [2.24, 2.45) is 5.84 Å². The van der Waals surface area contributed by atoms with Gasteiger partial charge in [0.15, 0.2) is 0 Å². The molecule has 0 aliphatic rings. The van der Waals surface area contributed by atoms with Crippen LogP contribution in [-0.4, -0.2) is 9.97 Å². The van der Waals surface area contributed by atoms with Gasteiger partial charge in [0, 0.05) is 27.5 Å². The predicted octanol–water partition coefficient (Wildman–Crippen LogP) is 2.75. The van der Waals surface area contributed by atoms with E-state index in [2.05, 4.69) is 47.3 Å². The highest BCUT2D eigenvalue weighted by Gasteiger charge is 2.15. The van der Waals surface area contributed by atoms with Crippen LogP contribution in [0.2, 0.25) is 0 Å². The Morgan fingerprint density at radius 1 is 1.28 bits per heavy atom. The molecule has 0 saturated carbocycles. The molecular formula is C12H12Br2N4. The summed E-state index contributed by atoms with van der Waals surface area (Å²) in [4.78, 5) is 8.39. The van der Waals surface area contributed by atoms with Crippen molar-refractivity contribution in [3.63, 3.8) is 0 Å². The zero-order chi connectivity index (χ0) is 13.0. The first-order chi connectivity index (χ1) is 8.70. The summed E-state index contributed by atoms with van der Waals surface area (Å²) in [6, 6.07) is 5.85. The van der Waals surface area contributed by atoms with Gasteiger partial charge in [-0.25, -0.2) is 0 Å². The molecule has 0 aromatic carbocycles. The summed E-state index contributed by atoms with van der Waals surface area (Å²) in [5.41, 5.74) is 4.84. The van der Waals surface area contributed by atoms with Gasteiger partial charge >= 0.3 is 0 Å². The lowest BCUT2D eigenvalue weighted by Gasteiger charge is -2.16. The monoisotopic (exact) mass is 370 g/mol. The van der Waals surface area contributed by atoms with Gasteiger partial charge in [-0.1, -0.05) is 0 Å². The normalized spacial score (nSPS) is 12.4. The number of hydrogen-bond donors (Lipinski definition) is 2. The van der Waals surface area contributed by atoms with Gasteiger partial charge in [-0.15, -0.1) is 0 Å². The van der Waals surface area contributed by atoms with E-state index in [-0.39, 0.29) is 6.04 Å². The fourth-order valence-electron chi connectivity index (χ4n) is 1.67. The van der Waals surface area contributed by atoms with E-state index >= 15 is 0 Å². The summed E-state index contributed by atoms with van der Waals surface area (Å²) in [5, 5.41) is 0. The minimum absolute atomic E-state index is 0.0464. The molecule has 94 valence electrons. The highest BCUT2D eigenvalue weighted by Crippen LogP contribution is 2.26. The molecule has 1 unspecified atom stereocenters. The van der Waals surface area contributed by atoms with Crippen LogP contribution in [0.15, 0.2) is 45.7 Å². The Morgan fingerprint density at radius 2 is 2.00 bits per heavy atom. The van der Waals surface area contributed by atoms with Crippen LogP contribution in [0.5, 0.6) is 0 Å². The topological polar surface area (TPSA) is 63.8 Å². The number of hydrazine groups is 1. The molecule has 3 N–H and O–H groups in total. The molecule has 2 rings (SSSR count). The summed E-state index contributed by atoms with van der Waals surface area (Å²) in [7, 11) is 0. The lowest BCUT2D eigenvalue weighted by atomic mass is 10.0. The largest absolute Gasteiger partial charge is 0.271 e. The Labute approximate surface area is 122 Å². The van der Waals surface area contributed by atoms with E-state index in [1.807, 2.05) is 18.2 Å². The number of nitrogens with two attached hydrogens (primary N) is 1. The van der Waals surface area contributed by atoms with Crippen molar-refractivity contribution in [2.75, 3.05) is 0 Å². The summed E-state index contributed by atoms with van der Waals surface area (Å²) in [6.45, 7) is 0. The Hall–Kier alpha value is -0.820. The second-order valence-corrected chi connectivity index (χ2v) is 5.57. The van der Waals surface area contributed by atoms with Crippen molar-refractivity contribution in [2.45, 2.75) is 12.5 Å². The number of hydrogen-bond acceptors (Lipinski definition) is 4. The van der Waals surface area contributed by atoms with Crippen LogP contribution in [0, 0.1) is 0 Å². The Morgan fingerprint density at radius 3 is 2.61 bits per heavy atom. The number of nitrogens with one attached hydrogen (secondary N) is 1. The molecule has 0 spiro atoms. The summed E-state index contributed by atoms with van der Waals surface area (Å²) in [5.74, 6) is 5.62. The molecule has 2 heterocycles. The molecule has 0 aliphatic carbocycles. The number of pyridine rings is 2. The fourth-order valence-corrected chi connectivity index (χ4v) is 2.93. The van der Waals surface area contributed by atoms with Crippen LogP contribution in [-0.2, 0) is 6.42 Å². The Kier molecular flexibility index (Phi) is 4.82. The average Bonchev–Trinajstić information content (AvgIpc) is 2.38. The molecule has 0 fully saturated rings. The van der Waals surface area contributed by atoms with E-state index in [0.29, 0.717) is 0 Å². The molecule has 0 radical (unpaired) electrons. The summed E-state index contributed by atoms with van der Waals surface area (Å²) < 4.78 is 1.85. The SMILES string of the molecule is NNC(Cc1ccncc1)c1ncc(Br)cc1Br. The first kappa shape index (κ1) is 13.6. The van der Waals surface area contributed by atoms with Gasteiger partial charge < -0.3 is 0 Å². The maximum absolute atomic E-state index is 5.62. The Balaban J connectivity index is 2.23. The van der Waals surface area contributed by atoms with Crippen molar-refractivity contribution in [3.05, 3.63) is 57.0 Å². The fraction of sp³-hybridized carbons (Fsp3) is 0.167. The maximum Gasteiger partial charge on any atom is 0.0732 e. The molecule has 0 aliphatic heterocycles. The molecule has 18 heavy (non-hydrogen) atoms. The van der Waals surface area contributed by atoms with E-state index < -0.39 is 0 Å². The number of halogens is 2. The average molecular weight is 372 g/mol. The van der Waals surface area contributed by atoms with Crippen molar-refractivity contribution < 1.29 is 0 Å². The van der Waals surface area contributed by atoms with Gasteiger partial charge in [0.25, 0.3) is 0 Å². The number of rotatable bonds is 4. The summed E-state index contributed by atoms with van der Waals surface area (Å²) in [6.07, 6.45) is 6.06. The highest BCUT2D eigenvalue weighted by molar-refractivity contribution is 9.11.